The summed E-state index contributed by atoms with van der Waals surface area (Å²) < 4.78 is 0. The van der Waals surface area contributed by atoms with Crippen LogP contribution in [0.1, 0.15) is 32.8 Å². The molecule has 4 nitrogen and oxygen atoms in total. The predicted octanol–water partition coefficient (Wildman–Crippen LogP) is 1.47. The van der Waals surface area contributed by atoms with Crippen molar-refractivity contribution in [1.29, 1.82) is 0 Å². The summed E-state index contributed by atoms with van der Waals surface area (Å²) in [4.78, 5) is 4.07. The average molecular weight is 222 g/mol. The van der Waals surface area contributed by atoms with Gasteiger partial charge in [-0.1, -0.05) is 26.8 Å². The SMILES string of the molecule is CC(C)(C)CC(Cc1cccnc1N)NN. The molecule has 1 aromatic rings. The molecular weight excluding hydrogens is 200 g/mol. The molecule has 1 rings (SSSR count). The highest BCUT2D eigenvalue weighted by atomic mass is 15.2. The lowest BCUT2D eigenvalue weighted by Crippen LogP contribution is -2.39. The normalized spacial score (nSPS) is 13.8. The molecular formula is C12H22N4. The molecule has 0 spiro atoms. The third-order valence-corrected chi connectivity index (χ3v) is 2.49. The second-order valence-electron chi connectivity index (χ2n) is 5.38. The van der Waals surface area contributed by atoms with Crippen LogP contribution in [0.25, 0.3) is 0 Å². The first-order chi connectivity index (χ1) is 7.42. The Morgan fingerprint density at radius 2 is 2.12 bits per heavy atom. The van der Waals surface area contributed by atoms with Crippen LogP contribution in [-0.2, 0) is 6.42 Å². The van der Waals surface area contributed by atoms with E-state index >= 15 is 0 Å². The zero-order chi connectivity index (χ0) is 12.2. The minimum atomic E-state index is 0.228. The minimum Gasteiger partial charge on any atom is -0.383 e. The highest BCUT2D eigenvalue weighted by molar-refractivity contribution is 5.38. The van der Waals surface area contributed by atoms with Gasteiger partial charge < -0.3 is 5.73 Å². The molecule has 1 atom stereocenters. The van der Waals surface area contributed by atoms with E-state index < -0.39 is 0 Å². The van der Waals surface area contributed by atoms with Crippen LogP contribution in [0.5, 0.6) is 0 Å². The number of aromatic nitrogens is 1. The van der Waals surface area contributed by atoms with Crippen LogP contribution < -0.4 is 17.0 Å². The van der Waals surface area contributed by atoms with E-state index in [4.69, 9.17) is 11.6 Å². The zero-order valence-corrected chi connectivity index (χ0v) is 10.3. The van der Waals surface area contributed by atoms with Crippen molar-refractivity contribution < 1.29 is 0 Å². The van der Waals surface area contributed by atoms with Crippen molar-refractivity contribution in [3.8, 4) is 0 Å². The number of nitrogens with two attached hydrogens (primary N) is 2. The van der Waals surface area contributed by atoms with Crippen molar-refractivity contribution in [3.05, 3.63) is 23.9 Å². The Bertz CT molecular complexity index is 330. The van der Waals surface area contributed by atoms with E-state index in [2.05, 4.69) is 31.2 Å². The Labute approximate surface area is 97.4 Å². The van der Waals surface area contributed by atoms with Crippen molar-refractivity contribution in [2.24, 2.45) is 11.3 Å². The summed E-state index contributed by atoms with van der Waals surface area (Å²) >= 11 is 0. The summed E-state index contributed by atoms with van der Waals surface area (Å²) in [5, 5.41) is 0. The van der Waals surface area contributed by atoms with Crippen molar-refractivity contribution in [3.63, 3.8) is 0 Å². The molecule has 0 aliphatic carbocycles. The van der Waals surface area contributed by atoms with E-state index in [1.54, 1.807) is 6.20 Å². The molecule has 0 saturated heterocycles. The third-order valence-electron chi connectivity index (χ3n) is 2.49. The number of nitrogens with zero attached hydrogens (tertiary/aromatic N) is 1. The fraction of sp³-hybridized carbons (Fsp3) is 0.583. The molecule has 1 aromatic heterocycles. The first kappa shape index (κ1) is 12.9. The number of anilines is 1. The monoisotopic (exact) mass is 222 g/mol. The topological polar surface area (TPSA) is 77.0 Å². The van der Waals surface area contributed by atoms with Gasteiger partial charge in [-0.25, -0.2) is 4.98 Å². The number of hydrogen-bond donors (Lipinski definition) is 3. The second-order valence-corrected chi connectivity index (χ2v) is 5.38. The number of nitrogens with one attached hydrogen (secondary N) is 1. The largest absolute Gasteiger partial charge is 0.383 e. The van der Waals surface area contributed by atoms with Gasteiger partial charge in [0.15, 0.2) is 0 Å². The molecule has 0 aromatic carbocycles. The van der Waals surface area contributed by atoms with Crippen LogP contribution >= 0.6 is 0 Å². The molecule has 16 heavy (non-hydrogen) atoms. The van der Waals surface area contributed by atoms with Gasteiger partial charge in [0.05, 0.1) is 0 Å². The minimum absolute atomic E-state index is 0.228. The lowest BCUT2D eigenvalue weighted by molar-refractivity contribution is 0.308. The first-order valence-corrected chi connectivity index (χ1v) is 5.58. The fourth-order valence-electron chi connectivity index (χ4n) is 1.82. The van der Waals surface area contributed by atoms with E-state index in [0.29, 0.717) is 5.82 Å². The highest BCUT2D eigenvalue weighted by Gasteiger charge is 2.18. The molecule has 4 heteroatoms. The van der Waals surface area contributed by atoms with Crippen LogP contribution in [0.4, 0.5) is 5.82 Å². The number of hydrogen-bond acceptors (Lipinski definition) is 4. The lowest BCUT2D eigenvalue weighted by Gasteiger charge is -2.25. The third kappa shape index (κ3) is 4.16. The van der Waals surface area contributed by atoms with Crippen LogP contribution in [0.2, 0.25) is 0 Å². The molecule has 0 radical (unpaired) electrons. The van der Waals surface area contributed by atoms with Crippen LogP contribution in [-0.4, -0.2) is 11.0 Å². The van der Waals surface area contributed by atoms with Crippen molar-refractivity contribution in [2.45, 2.75) is 39.7 Å². The Morgan fingerprint density at radius 1 is 1.44 bits per heavy atom. The molecule has 1 heterocycles. The molecule has 0 aliphatic rings. The smallest absolute Gasteiger partial charge is 0.126 e. The fourth-order valence-corrected chi connectivity index (χ4v) is 1.82. The maximum absolute atomic E-state index is 5.81. The van der Waals surface area contributed by atoms with Gasteiger partial charge in [0.1, 0.15) is 5.82 Å². The van der Waals surface area contributed by atoms with Crippen molar-refractivity contribution in [1.82, 2.24) is 10.4 Å². The van der Waals surface area contributed by atoms with E-state index in [-0.39, 0.29) is 11.5 Å². The zero-order valence-electron chi connectivity index (χ0n) is 10.3. The summed E-state index contributed by atoms with van der Waals surface area (Å²) in [6.07, 6.45) is 3.51. The van der Waals surface area contributed by atoms with Gasteiger partial charge in [0.25, 0.3) is 0 Å². The van der Waals surface area contributed by atoms with Gasteiger partial charge in [0, 0.05) is 12.2 Å². The molecule has 0 amide bonds. The molecule has 5 N–H and O–H groups in total. The Hall–Kier alpha value is -1.13. The van der Waals surface area contributed by atoms with Gasteiger partial charge in [-0.3, -0.25) is 11.3 Å². The number of rotatable bonds is 4. The van der Waals surface area contributed by atoms with E-state index in [1.807, 2.05) is 12.1 Å². The van der Waals surface area contributed by atoms with Crippen LogP contribution in [0.15, 0.2) is 18.3 Å². The van der Waals surface area contributed by atoms with Crippen LogP contribution in [0.3, 0.4) is 0 Å². The van der Waals surface area contributed by atoms with E-state index in [9.17, 15) is 0 Å². The summed E-state index contributed by atoms with van der Waals surface area (Å²) in [5.74, 6) is 6.16. The Balaban J connectivity index is 2.67. The molecule has 1 unspecified atom stereocenters. The standard InChI is InChI=1S/C12H22N4/c1-12(2,3)8-10(16-14)7-9-5-4-6-15-11(9)13/h4-6,10,16H,7-8,14H2,1-3H3,(H2,13,15). The molecule has 0 saturated carbocycles. The number of nitrogen functional groups attached to an aromatic ring is 1. The molecule has 0 bridgehead atoms. The molecule has 90 valence electrons. The Kier molecular flexibility index (Phi) is 4.26. The predicted molar refractivity (Wildman–Crippen MR) is 67.5 cm³/mol. The summed E-state index contributed by atoms with van der Waals surface area (Å²) in [6, 6.07) is 4.12. The summed E-state index contributed by atoms with van der Waals surface area (Å²) in [6.45, 7) is 6.60. The van der Waals surface area contributed by atoms with Crippen LogP contribution in [0, 0.1) is 5.41 Å². The van der Waals surface area contributed by atoms with Gasteiger partial charge in [-0.2, -0.15) is 0 Å². The maximum Gasteiger partial charge on any atom is 0.126 e. The lowest BCUT2D eigenvalue weighted by atomic mass is 9.86. The summed E-state index contributed by atoms with van der Waals surface area (Å²) in [7, 11) is 0. The second kappa shape index (κ2) is 5.27. The maximum atomic E-state index is 5.81. The van der Waals surface area contributed by atoms with E-state index in [0.717, 1.165) is 18.4 Å². The number of pyridine rings is 1. The average Bonchev–Trinajstić information content (AvgIpc) is 2.18. The van der Waals surface area contributed by atoms with Gasteiger partial charge in [-0.15, -0.1) is 0 Å². The Morgan fingerprint density at radius 3 is 2.62 bits per heavy atom. The number of hydrazine groups is 1. The first-order valence-electron chi connectivity index (χ1n) is 5.58. The van der Waals surface area contributed by atoms with Crippen molar-refractivity contribution in [2.75, 3.05) is 5.73 Å². The highest BCUT2D eigenvalue weighted by Crippen LogP contribution is 2.23. The summed E-state index contributed by atoms with van der Waals surface area (Å²) in [5.41, 5.74) is 9.95. The van der Waals surface area contributed by atoms with Crippen molar-refractivity contribution >= 4 is 5.82 Å². The molecule has 0 fully saturated rings. The van der Waals surface area contributed by atoms with E-state index in [1.165, 1.54) is 0 Å². The molecule has 0 aliphatic heterocycles. The quantitative estimate of drug-likeness (QED) is 0.532. The van der Waals surface area contributed by atoms with Gasteiger partial charge in [0.2, 0.25) is 0 Å². The van der Waals surface area contributed by atoms with Gasteiger partial charge >= 0.3 is 0 Å². The van der Waals surface area contributed by atoms with Gasteiger partial charge in [-0.05, 0) is 29.9 Å².